The monoisotopic (exact) mass is 591 g/mol. The fraction of sp³-hybridized carbons (Fsp3) is 0.923. The van der Waals surface area contributed by atoms with Crippen LogP contribution in [0.25, 0.3) is 0 Å². The van der Waals surface area contributed by atoms with E-state index in [2.05, 4.69) is 16.0 Å². The van der Waals surface area contributed by atoms with Crippen LogP contribution in [0.3, 0.4) is 0 Å². The maximum Gasteiger partial charge on any atom is 0.185 e. The number of nitrogens with one attached hydrogen (secondary N) is 3. The normalized spacial score (nSPS) is 41.4. The third-order valence-electron chi connectivity index (χ3n) is 8.35. The van der Waals surface area contributed by atoms with Gasteiger partial charge in [0.25, 0.3) is 0 Å². The Morgan fingerprint density at radius 2 is 1.85 bits per heavy atom. The van der Waals surface area contributed by atoms with E-state index in [1.165, 1.54) is 0 Å². The van der Waals surface area contributed by atoms with Gasteiger partial charge in [0.2, 0.25) is 0 Å². The molecule has 2 heterocycles. The maximum atomic E-state index is 11.7. The van der Waals surface area contributed by atoms with Crippen molar-refractivity contribution in [3.05, 3.63) is 11.8 Å². The van der Waals surface area contributed by atoms with E-state index in [1.807, 2.05) is 6.08 Å². The lowest BCUT2D eigenvalue weighted by Gasteiger charge is -2.50. The van der Waals surface area contributed by atoms with Gasteiger partial charge in [-0.3, -0.25) is 0 Å². The van der Waals surface area contributed by atoms with Gasteiger partial charge >= 0.3 is 0 Å². The van der Waals surface area contributed by atoms with E-state index in [1.54, 1.807) is 14.0 Å². The average Bonchev–Trinajstić information content (AvgIpc) is 2.92. The molecule has 13 atom stereocenters. The predicted molar refractivity (Wildman–Crippen MR) is 151 cm³/mol. The minimum atomic E-state index is -1.34. The minimum absolute atomic E-state index is 0.0447. The molecule has 0 amide bonds. The second kappa shape index (κ2) is 15.6. The molecule has 0 aromatic heterocycles. The van der Waals surface area contributed by atoms with Crippen molar-refractivity contribution >= 4 is 0 Å². The summed E-state index contributed by atoms with van der Waals surface area (Å²) < 4.78 is 18.2. The van der Waals surface area contributed by atoms with Gasteiger partial charge in [0.05, 0.1) is 37.5 Å². The summed E-state index contributed by atoms with van der Waals surface area (Å²) in [6.07, 6.45) is -3.35. The van der Waals surface area contributed by atoms with Crippen LogP contribution in [0.5, 0.6) is 0 Å². The molecule has 0 radical (unpaired) electrons. The van der Waals surface area contributed by atoms with Gasteiger partial charge in [-0.25, -0.2) is 0 Å². The van der Waals surface area contributed by atoms with Gasteiger partial charge in [-0.15, -0.1) is 0 Å². The third-order valence-corrected chi connectivity index (χ3v) is 8.35. The first-order chi connectivity index (χ1) is 19.4. The maximum absolute atomic E-state index is 11.7. The van der Waals surface area contributed by atoms with Gasteiger partial charge < -0.3 is 78.6 Å². The Kier molecular flexibility index (Phi) is 13.1. The molecule has 3 aliphatic rings. The van der Waals surface area contributed by atoms with Crippen molar-refractivity contribution in [2.24, 2.45) is 28.9 Å². The van der Waals surface area contributed by atoms with Gasteiger partial charge in [0, 0.05) is 43.7 Å². The molecule has 3 rings (SSSR count). The minimum Gasteiger partial charge on any atom is -0.492 e. The number of hydrogen-bond acceptors (Lipinski definition) is 15. The Morgan fingerprint density at radius 1 is 1.12 bits per heavy atom. The van der Waals surface area contributed by atoms with Crippen molar-refractivity contribution < 1.29 is 39.7 Å². The third kappa shape index (κ3) is 8.77. The van der Waals surface area contributed by atoms with Gasteiger partial charge in [-0.2, -0.15) is 0 Å². The van der Waals surface area contributed by atoms with Crippen LogP contribution in [0.1, 0.15) is 26.2 Å². The molecule has 0 bridgehead atoms. The number of rotatable bonds is 14. The predicted octanol–water partition coefficient (Wildman–Crippen LogP) is -5.29. The summed E-state index contributed by atoms with van der Waals surface area (Å²) in [4.78, 5) is 0. The molecule has 2 aliphatic heterocycles. The molecule has 16 N–H and O–H groups in total. The molecule has 2 fully saturated rings. The van der Waals surface area contributed by atoms with Crippen molar-refractivity contribution in [2.45, 2.75) is 98.9 Å². The molecule has 240 valence electrons. The van der Waals surface area contributed by atoms with Crippen molar-refractivity contribution in [1.29, 1.82) is 0 Å². The van der Waals surface area contributed by atoms with E-state index in [-0.39, 0.29) is 19.7 Å². The van der Waals surface area contributed by atoms with Crippen LogP contribution in [-0.2, 0) is 14.2 Å². The van der Waals surface area contributed by atoms with Crippen LogP contribution >= 0.6 is 0 Å². The van der Waals surface area contributed by atoms with E-state index in [0.29, 0.717) is 44.7 Å². The van der Waals surface area contributed by atoms with Gasteiger partial charge in [0.1, 0.15) is 29.7 Å². The molecular formula is C26H53N7O8. The molecule has 41 heavy (non-hydrogen) atoms. The van der Waals surface area contributed by atoms with E-state index < -0.39 is 78.6 Å². The number of aliphatic hydroxyl groups is 5. The summed E-state index contributed by atoms with van der Waals surface area (Å²) in [7, 11) is 1.62. The standard InChI is InChI=1S/C26H53N7O8/c1-26(38)12-39-25(21(37)24(26)31-2)41-23-18(33-10-14(35)8-28)7-17(30)19(20(23)36)22-16(29)4-3-15(40-22)11-32-9-13(34)5-6-27/h3,13-14,16-25,31-38H,4-12,27-30H2,1-2H3/t13?,14?,16-,17+,18-,19?,20+,21-,22+,23+,24-,25-,26+/m1/s1. The van der Waals surface area contributed by atoms with Crippen molar-refractivity contribution in [3.63, 3.8) is 0 Å². The van der Waals surface area contributed by atoms with E-state index in [9.17, 15) is 25.5 Å². The molecule has 3 unspecified atom stereocenters. The van der Waals surface area contributed by atoms with Gasteiger partial charge in [0.15, 0.2) is 6.29 Å². The smallest absolute Gasteiger partial charge is 0.185 e. The number of hydrogen-bond donors (Lipinski definition) is 12. The Labute approximate surface area is 241 Å². The first kappa shape index (κ1) is 34.5. The van der Waals surface area contributed by atoms with Crippen LogP contribution < -0.4 is 38.9 Å². The van der Waals surface area contributed by atoms with Crippen LogP contribution in [0, 0.1) is 5.92 Å². The number of ether oxygens (including phenoxy) is 3. The van der Waals surface area contributed by atoms with Crippen molar-refractivity contribution in [1.82, 2.24) is 16.0 Å². The lowest BCUT2D eigenvalue weighted by molar-refractivity contribution is -0.298. The molecule has 1 saturated carbocycles. The number of aliphatic hydroxyl groups excluding tert-OH is 4. The average molecular weight is 592 g/mol. The Morgan fingerprint density at radius 3 is 2.51 bits per heavy atom. The number of likely N-dealkylation sites (N-methyl/N-ethyl adjacent to an activating group) is 1. The zero-order valence-corrected chi connectivity index (χ0v) is 24.1. The summed E-state index contributed by atoms with van der Waals surface area (Å²) in [5.41, 5.74) is 22.8. The molecule has 1 aliphatic carbocycles. The molecule has 1 saturated heterocycles. The van der Waals surface area contributed by atoms with E-state index >= 15 is 0 Å². The van der Waals surface area contributed by atoms with Crippen molar-refractivity contribution in [3.8, 4) is 0 Å². The molecule has 15 heteroatoms. The lowest BCUT2D eigenvalue weighted by atomic mass is 9.72. The fourth-order valence-corrected chi connectivity index (χ4v) is 6.05. The molecule has 15 nitrogen and oxygen atoms in total. The second-order valence-electron chi connectivity index (χ2n) is 11.8. The molecular weight excluding hydrogens is 538 g/mol. The summed E-state index contributed by atoms with van der Waals surface area (Å²) in [6.45, 7) is 2.73. The molecule has 0 aromatic carbocycles. The highest BCUT2D eigenvalue weighted by molar-refractivity contribution is 5.10. The summed E-state index contributed by atoms with van der Waals surface area (Å²) in [5.74, 6) is -0.00656. The Bertz CT molecular complexity index is 827. The largest absolute Gasteiger partial charge is 0.492 e. The quantitative estimate of drug-likeness (QED) is 0.0899. The van der Waals surface area contributed by atoms with Crippen LogP contribution in [0.2, 0.25) is 0 Å². The highest BCUT2D eigenvalue weighted by atomic mass is 16.7. The van der Waals surface area contributed by atoms with Gasteiger partial charge in [-0.1, -0.05) is 0 Å². The molecule has 0 aromatic rings. The first-order valence-corrected chi connectivity index (χ1v) is 14.5. The van der Waals surface area contributed by atoms with Crippen LogP contribution in [0.4, 0.5) is 0 Å². The van der Waals surface area contributed by atoms with E-state index in [4.69, 9.17) is 37.1 Å². The highest BCUT2D eigenvalue weighted by Gasteiger charge is 2.53. The fourth-order valence-electron chi connectivity index (χ4n) is 6.05. The summed E-state index contributed by atoms with van der Waals surface area (Å²) in [5, 5.41) is 62.6. The summed E-state index contributed by atoms with van der Waals surface area (Å²) >= 11 is 0. The zero-order chi connectivity index (χ0) is 30.3. The van der Waals surface area contributed by atoms with E-state index in [0.717, 1.165) is 0 Å². The highest BCUT2D eigenvalue weighted by Crippen LogP contribution is 2.36. The Hall–Kier alpha value is -1.02. The van der Waals surface area contributed by atoms with Crippen LogP contribution in [-0.4, -0.2) is 145 Å². The van der Waals surface area contributed by atoms with Crippen molar-refractivity contribution in [2.75, 3.05) is 46.4 Å². The SMILES string of the molecule is CN[C@@H]1[C@@H](O)[C@@H](O[C@H]2[C@H](NCC(O)CN)C[C@H](N)C([C@H]3OC(CNCC(O)CCN)=CC[C@H]3N)[C@@H]2O)OC[C@]1(C)O. The summed E-state index contributed by atoms with van der Waals surface area (Å²) in [6, 6.07) is -2.26. The zero-order valence-electron chi connectivity index (χ0n) is 24.1. The van der Waals surface area contributed by atoms with Gasteiger partial charge in [-0.05, 0) is 45.9 Å². The van der Waals surface area contributed by atoms with Crippen LogP contribution in [0.15, 0.2) is 11.8 Å². The molecule has 0 spiro atoms. The first-order valence-electron chi connectivity index (χ1n) is 14.5. The number of nitrogens with two attached hydrogens (primary N) is 4. The topological polar surface area (TPSA) is 269 Å². The lowest BCUT2D eigenvalue weighted by Crippen LogP contribution is -2.69. The second-order valence-corrected chi connectivity index (χ2v) is 11.8. The Balaban J connectivity index is 1.76.